The van der Waals surface area contributed by atoms with Gasteiger partial charge in [0.15, 0.2) is 0 Å². The monoisotopic (exact) mass is 590 g/mol. The van der Waals surface area contributed by atoms with Crippen LogP contribution < -0.4 is 21.8 Å². The molecule has 3 aromatic rings. The minimum absolute atomic E-state index is 0.219. The molecule has 214 valence electrons. The summed E-state index contributed by atoms with van der Waals surface area (Å²) in [6.07, 6.45) is -5.11. The topological polar surface area (TPSA) is 145 Å². The Bertz CT molecular complexity index is 1680. The summed E-state index contributed by atoms with van der Waals surface area (Å²) in [4.78, 5) is 61.7. The van der Waals surface area contributed by atoms with Crippen molar-refractivity contribution in [2.24, 2.45) is 7.05 Å². The van der Waals surface area contributed by atoms with Gasteiger partial charge in [-0.3, -0.25) is 14.9 Å². The highest BCUT2D eigenvalue weighted by Crippen LogP contribution is 2.39. The number of aromatic nitrogens is 3. The highest BCUT2D eigenvalue weighted by Gasteiger charge is 2.37. The summed E-state index contributed by atoms with van der Waals surface area (Å²) in [5.41, 5.74) is -8.29. The number of benzene rings is 2. The van der Waals surface area contributed by atoms with Crippen molar-refractivity contribution >= 4 is 23.3 Å². The van der Waals surface area contributed by atoms with Crippen LogP contribution in [-0.4, -0.2) is 30.2 Å². The minimum Gasteiger partial charge on any atom is -0.459 e. The van der Waals surface area contributed by atoms with Gasteiger partial charge in [-0.2, -0.15) is 13.2 Å². The zero-order valence-corrected chi connectivity index (χ0v) is 21.8. The molecule has 2 aromatic carbocycles. The molecular weight excluding hydrogens is 572 g/mol. The van der Waals surface area contributed by atoms with Crippen LogP contribution in [0.3, 0.4) is 0 Å². The van der Waals surface area contributed by atoms with Gasteiger partial charge in [-0.15, -0.1) is 0 Å². The number of nitrogens with zero attached hydrogens (tertiary/aromatic N) is 4. The zero-order valence-electron chi connectivity index (χ0n) is 21.0. The van der Waals surface area contributed by atoms with E-state index in [1.165, 1.54) is 20.8 Å². The van der Waals surface area contributed by atoms with Gasteiger partial charge in [-0.25, -0.2) is 32.5 Å². The second-order valence-electron chi connectivity index (χ2n) is 9.18. The van der Waals surface area contributed by atoms with Crippen molar-refractivity contribution < 1.29 is 36.8 Å². The van der Waals surface area contributed by atoms with E-state index in [0.29, 0.717) is 21.3 Å². The number of alkyl halides is 3. The zero-order chi connectivity index (χ0) is 30.3. The summed E-state index contributed by atoms with van der Waals surface area (Å²) < 4.78 is 64.5. The quantitative estimate of drug-likeness (QED) is 0.183. The molecule has 0 N–H and O–H groups in total. The molecule has 0 radical (unpaired) electrons. The predicted molar refractivity (Wildman–Crippen MR) is 131 cm³/mol. The number of halogens is 5. The average molecular weight is 591 g/mol. The lowest BCUT2D eigenvalue weighted by atomic mass is 10.2. The van der Waals surface area contributed by atoms with Crippen LogP contribution in [0.5, 0.6) is 11.5 Å². The van der Waals surface area contributed by atoms with Gasteiger partial charge in [-0.05, 0) is 26.8 Å². The lowest BCUT2D eigenvalue weighted by Crippen LogP contribution is -2.54. The third-order valence-corrected chi connectivity index (χ3v) is 5.34. The van der Waals surface area contributed by atoms with Crippen LogP contribution in [0.15, 0.2) is 44.7 Å². The first-order valence-corrected chi connectivity index (χ1v) is 11.4. The number of hydrogen-bond donors (Lipinski definition) is 0. The van der Waals surface area contributed by atoms with Gasteiger partial charge < -0.3 is 9.47 Å². The van der Waals surface area contributed by atoms with Crippen LogP contribution in [-0.2, 0) is 29.3 Å². The largest absolute Gasteiger partial charge is 0.459 e. The van der Waals surface area contributed by atoms with E-state index < -0.39 is 85.6 Å². The Morgan fingerprint density at radius 2 is 1.65 bits per heavy atom. The number of nitro groups is 1. The summed E-state index contributed by atoms with van der Waals surface area (Å²) in [6.45, 7) is 3.63. The van der Waals surface area contributed by atoms with Gasteiger partial charge in [0.2, 0.25) is 0 Å². The molecule has 12 nitrogen and oxygen atoms in total. The maximum absolute atomic E-state index is 14.1. The molecule has 1 heterocycles. The van der Waals surface area contributed by atoms with Crippen molar-refractivity contribution in [1.82, 2.24) is 13.7 Å². The molecule has 0 aliphatic heterocycles. The summed E-state index contributed by atoms with van der Waals surface area (Å²) in [5.74, 6) is -3.73. The fraction of sp³-hybridized carbons (Fsp3) is 0.304. The Balaban J connectivity index is 2.19. The molecular formula is C23H19ClF4N4O8. The van der Waals surface area contributed by atoms with Gasteiger partial charge >= 0.3 is 29.2 Å². The second-order valence-corrected chi connectivity index (χ2v) is 9.59. The second kappa shape index (κ2) is 10.6. The molecule has 0 spiro atoms. The van der Waals surface area contributed by atoms with Crippen LogP contribution in [0.2, 0.25) is 5.02 Å². The van der Waals surface area contributed by atoms with Gasteiger partial charge in [0.1, 0.15) is 40.7 Å². The Morgan fingerprint density at radius 3 is 2.17 bits per heavy atom. The molecule has 0 amide bonds. The normalized spacial score (nSPS) is 11.8. The number of carbonyl (C=O) groups excluding carboxylic acids is 1. The van der Waals surface area contributed by atoms with E-state index in [-0.39, 0.29) is 4.57 Å². The van der Waals surface area contributed by atoms with E-state index in [4.69, 9.17) is 21.1 Å². The average Bonchev–Trinajstić information content (AvgIpc) is 2.78. The molecule has 40 heavy (non-hydrogen) atoms. The van der Waals surface area contributed by atoms with Gasteiger partial charge in [0.25, 0.3) is 5.69 Å². The lowest BCUT2D eigenvalue weighted by molar-refractivity contribution is -0.384. The van der Waals surface area contributed by atoms with E-state index >= 15 is 0 Å². The van der Waals surface area contributed by atoms with E-state index in [9.17, 15) is 46.9 Å². The van der Waals surface area contributed by atoms with Crippen LogP contribution in [0.25, 0.3) is 5.69 Å². The van der Waals surface area contributed by atoms with Crippen molar-refractivity contribution in [3.63, 3.8) is 0 Å². The van der Waals surface area contributed by atoms with Crippen molar-refractivity contribution in [3.05, 3.63) is 88.3 Å². The molecule has 17 heteroatoms. The van der Waals surface area contributed by atoms with Crippen LogP contribution in [0, 0.1) is 15.9 Å². The third-order valence-electron chi connectivity index (χ3n) is 5.04. The smallest absolute Gasteiger partial charge is 0.420 e. The summed E-state index contributed by atoms with van der Waals surface area (Å²) in [7, 11) is 0.950. The van der Waals surface area contributed by atoms with Gasteiger partial charge in [0, 0.05) is 31.3 Å². The molecule has 0 saturated carbocycles. The number of nitro benzene ring substituents is 1. The fourth-order valence-corrected chi connectivity index (χ4v) is 3.76. The number of hydrogen-bond acceptors (Lipinski definition) is 8. The number of rotatable bonds is 6. The molecule has 0 saturated heterocycles. The Labute approximate surface area is 225 Å². The molecule has 3 rings (SSSR count). The van der Waals surface area contributed by atoms with Crippen LogP contribution in [0.4, 0.5) is 23.2 Å². The van der Waals surface area contributed by atoms with Crippen molar-refractivity contribution in [3.8, 4) is 17.2 Å². The number of carbonyl (C=O) groups is 1. The minimum atomic E-state index is -5.11. The maximum Gasteiger partial charge on any atom is 0.420 e. The highest BCUT2D eigenvalue weighted by atomic mass is 35.5. The van der Waals surface area contributed by atoms with E-state index in [0.717, 1.165) is 25.2 Å². The van der Waals surface area contributed by atoms with Crippen LogP contribution in [0.1, 0.15) is 26.3 Å². The van der Waals surface area contributed by atoms with Crippen molar-refractivity contribution in [1.29, 1.82) is 0 Å². The molecule has 0 bridgehead atoms. The summed E-state index contributed by atoms with van der Waals surface area (Å²) >= 11 is 5.56. The number of ether oxygens (including phenoxy) is 2. The van der Waals surface area contributed by atoms with E-state index in [1.807, 2.05) is 0 Å². The summed E-state index contributed by atoms with van der Waals surface area (Å²) in [6, 6.07) is 3.54. The Kier molecular flexibility index (Phi) is 7.97. The van der Waals surface area contributed by atoms with Gasteiger partial charge in [0.05, 0.1) is 9.95 Å². The third kappa shape index (κ3) is 6.22. The molecule has 1 aromatic heterocycles. The fourth-order valence-electron chi connectivity index (χ4n) is 3.46. The molecule has 0 unspecified atom stereocenters. The predicted octanol–water partition coefficient (Wildman–Crippen LogP) is 3.55. The van der Waals surface area contributed by atoms with Crippen molar-refractivity contribution in [2.75, 3.05) is 0 Å². The highest BCUT2D eigenvalue weighted by molar-refractivity contribution is 6.31. The SMILES string of the molecule is Cn1c(=O)n(CC(=O)OC(C)(C)C)c(=O)n(-c2cc(Oc3cc(F)c(C(F)(F)F)c(Cl)c3)ccc2[N+](=O)[O-])c1=O. The standard InChI is InChI=1S/C23H19ClF4N4O8/c1-22(2,3)40-17(33)10-30-19(34)29(4)20(35)31(21(30)36)16-9-11(5-6-15(16)32(37)38)39-12-7-13(24)18(14(25)8-12)23(26,27)28/h5-9H,10H2,1-4H3. The maximum atomic E-state index is 14.1. The first-order chi connectivity index (χ1) is 18.3. The summed E-state index contributed by atoms with van der Waals surface area (Å²) in [5, 5.41) is 10.7. The molecule has 0 aliphatic carbocycles. The van der Waals surface area contributed by atoms with Crippen molar-refractivity contribution in [2.45, 2.75) is 39.1 Å². The van der Waals surface area contributed by atoms with E-state index in [1.54, 1.807) is 0 Å². The number of esters is 1. The first-order valence-electron chi connectivity index (χ1n) is 11.0. The van der Waals surface area contributed by atoms with Gasteiger partial charge in [-0.1, -0.05) is 11.6 Å². The molecule has 0 atom stereocenters. The molecule has 0 fully saturated rings. The lowest BCUT2D eigenvalue weighted by Gasteiger charge is -2.20. The Hall–Kier alpha value is -4.47. The first kappa shape index (κ1) is 30.1. The molecule has 0 aliphatic rings. The van der Waals surface area contributed by atoms with E-state index in [2.05, 4.69) is 0 Å². The Morgan fingerprint density at radius 1 is 1.02 bits per heavy atom. The van der Waals surface area contributed by atoms with Crippen LogP contribution >= 0.6 is 11.6 Å².